The van der Waals surface area contributed by atoms with Gasteiger partial charge in [-0.05, 0) is 36.7 Å². The third-order valence-corrected chi connectivity index (χ3v) is 3.71. The van der Waals surface area contributed by atoms with E-state index >= 15 is 0 Å². The predicted octanol–water partition coefficient (Wildman–Crippen LogP) is 4.50. The summed E-state index contributed by atoms with van der Waals surface area (Å²) < 4.78 is 0. The highest BCUT2D eigenvalue weighted by molar-refractivity contribution is 6.42. The van der Waals surface area contributed by atoms with Gasteiger partial charge in [0.05, 0.1) is 10.0 Å². The van der Waals surface area contributed by atoms with Crippen LogP contribution in [0.4, 0.5) is 0 Å². The van der Waals surface area contributed by atoms with Gasteiger partial charge in [0.2, 0.25) is 0 Å². The van der Waals surface area contributed by atoms with E-state index in [4.69, 9.17) is 23.2 Å². The van der Waals surface area contributed by atoms with Crippen molar-refractivity contribution in [3.05, 3.63) is 69.7 Å². The SMILES string of the molecule is CNC(Cc1ccc(Cl)c(Cl)c1)c1ccccc1. The molecule has 0 spiro atoms. The molecule has 1 nitrogen and oxygen atoms in total. The topological polar surface area (TPSA) is 12.0 Å². The van der Waals surface area contributed by atoms with E-state index in [0.29, 0.717) is 10.0 Å². The maximum Gasteiger partial charge on any atom is 0.0595 e. The minimum Gasteiger partial charge on any atom is -0.313 e. The van der Waals surface area contributed by atoms with Crippen LogP contribution in [0, 0.1) is 0 Å². The molecule has 0 saturated carbocycles. The number of hydrogen-bond acceptors (Lipinski definition) is 1. The zero-order valence-electron chi connectivity index (χ0n) is 10.2. The first-order valence-electron chi connectivity index (χ1n) is 5.87. The Kier molecular flexibility index (Phi) is 4.65. The van der Waals surface area contributed by atoms with Gasteiger partial charge in [-0.2, -0.15) is 0 Å². The van der Waals surface area contributed by atoms with Crippen LogP contribution >= 0.6 is 23.2 Å². The lowest BCUT2D eigenvalue weighted by atomic mass is 9.99. The van der Waals surface area contributed by atoms with E-state index in [1.807, 2.05) is 31.3 Å². The van der Waals surface area contributed by atoms with Crippen LogP contribution in [-0.2, 0) is 6.42 Å². The summed E-state index contributed by atoms with van der Waals surface area (Å²) >= 11 is 12.0. The van der Waals surface area contributed by atoms with Gasteiger partial charge in [0.1, 0.15) is 0 Å². The lowest BCUT2D eigenvalue weighted by molar-refractivity contribution is 0.592. The number of halogens is 2. The first-order chi connectivity index (χ1) is 8.70. The second kappa shape index (κ2) is 6.24. The van der Waals surface area contributed by atoms with E-state index in [-0.39, 0.29) is 6.04 Å². The maximum absolute atomic E-state index is 6.03. The fourth-order valence-electron chi connectivity index (χ4n) is 1.97. The maximum atomic E-state index is 6.03. The summed E-state index contributed by atoms with van der Waals surface area (Å²) in [6, 6.07) is 16.4. The van der Waals surface area contributed by atoms with Crippen molar-refractivity contribution in [2.24, 2.45) is 0 Å². The van der Waals surface area contributed by atoms with Crippen molar-refractivity contribution >= 4 is 23.2 Å². The van der Waals surface area contributed by atoms with E-state index in [1.165, 1.54) is 11.1 Å². The minimum absolute atomic E-state index is 0.281. The summed E-state index contributed by atoms with van der Waals surface area (Å²) in [5.74, 6) is 0. The van der Waals surface area contributed by atoms with Gasteiger partial charge in [-0.1, -0.05) is 59.6 Å². The Morgan fingerprint density at radius 3 is 2.33 bits per heavy atom. The zero-order valence-corrected chi connectivity index (χ0v) is 11.7. The molecule has 0 aliphatic rings. The summed E-state index contributed by atoms with van der Waals surface area (Å²) in [5.41, 5.74) is 2.44. The third-order valence-electron chi connectivity index (χ3n) is 2.97. The molecule has 1 atom stereocenters. The third kappa shape index (κ3) is 3.26. The largest absolute Gasteiger partial charge is 0.313 e. The molecule has 0 aliphatic carbocycles. The molecule has 1 unspecified atom stereocenters. The fourth-order valence-corrected chi connectivity index (χ4v) is 2.29. The highest BCUT2D eigenvalue weighted by atomic mass is 35.5. The van der Waals surface area contributed by atoms with Crippen LogP contribution in [0.1, 0.15) is 17.2 Å². The van der Waals surface area contributed by atoms with Crippen molar-refractivity contribution in [1.29, 1.82) is 0 Å². The second-order valence-corrected chi connectivity index (χ2v) is 5.02. The molecule has 0 bridgehead atoms. The van der Waals surface area contributed by atoms with Crippen molar-refractivity contribution < 1.29 is 0 Å². The normalized spacial score (nSPS) is 12.4. The van der Waals surface area contributed by atoms with Gasteiger partial charge >= 0.3 is 0 Å². The van der Waals surface area contributed by atoms with Crippen LogP contribution in [0.5, 0.6) is 0 Å². The van der Waals surface area contributed by atoms with Gasteiger partial charge in [-0.25, -0.2) is 0 Å². The molecule has 1 N–H and O–H groups in total. The Bertz CT molecular complexity index is 511. The molecule has 0 aliphatic heterocycles. The molecule has 0 fully saturated rings. The first kappa shape index (κ1) is 13.4. The van der Waals surface area contributed by atoms with Crippen molar-refractivity contribution in [3.8, 4) is 0 Å². The highest BCUT2D eigenvalue weighted by Crippen LogP contribution is 2.25. The number of benzene rings is 2. The molecule has 94 valence electrons. The van der Waals surface area contributed by atoms with Crippen molar-refractivity contribution in [3.63, 3.8) is 0 Å². The van der Waals surface area contributed by atoms with Gasteiger partial charge in [0.15, 0.2) is 0 Å². The van der Waals surface area contributed by atoms with Crippen LogP contribution in [0.2, 0.25) is 10.0 Å². The van der Waals surface area contributed by atoms with E-state index in [1.54, 1.807) is 0 Å². The Labute approximate surface area is 118 Å². The lowest BCUT2D eigenvalue weighted by Gasteiger charge is -2.17. The number of rotatable bonds is 4. The van der Waals surface area contributed by atoms with Crippen molar-refractivity contribution in [2.45, 2.75) is 12.5 Å². The summed E-state index contributed by atoms with van der Waals surface area (Å²) in [6.45, 7) is 0. The van der Waals surface area contributed by atoms with Crippen molar-refractivity contribution in [1.82, 2.24) is 5.32 Å². The molecule has 0 amide bonds. The Morgan fingerprint density at radius 1 is 1.00 bits per heavy atom. The molecule has 0 heterocycles. The smallest absolute Gasteiger partial charge is 0.0595 e. The average molecular weight is 280 g/mol. The Morgan fingerprint density at radius 2 is 1.72 bits per heavy atom. The Balaban J connectivity index is 2.18. The zero-order chi connectivity index (χ0) is 13.0. The van der Waals surface area contributed by atoms with Gasteiger partial charge in [0.25, 0.3) is 0 Å². The summed E-state index contributed by atoms with van der Waals surface area (Å²) in [4.78, 5) is 0. The van der Waals surface area contributed by atoms with Gasteiger partial charge in [-0.3, -0.25) is 0 Å². The average Bonchev–Trinajstić information content (AvgIpc) is 2.41. The molecule has 0 saturated heterocycles. The standard InChI is InChI=1S/C15H15Cl2N/c1-18-15(12-5-3-2-4-6-12)10-11-7-8-13(16)14(17)9-11/h2-9,15,18H,10H2,1H3. The lowest BCUT2D eigenvalue weighted by Crippen LogP contribution is -2.18. The van der Waals surface area contributed by atoms with Crippen molar-refractivity contribution in [2.75, 3.05) is 7.05 Å². The van der Waals surface area contributed by atoms with Gasteiger partial charge in [0, 0.05) is 6.04 Å². The van der Waals surface area contributed by atoms with Crippen LogP contribution in [0.3, 0.4) is 0 Å². The molecule has 0 radical (unpaired) electrons. The summed E-state index contributed by atoms with van der Waals surface area (Å²) in [7, 11) is 1.97. The van der Waals surface area contributed by atoms with Gasteiger partial charge < -0.3 is 5.32 Å². The predicted molar refractivity (Wildman–Crippen MR) is 78.4 cm³/mol. The Hall–Kier alpha value is -1.02. The number of likely N-dealkylation sites (N-methyl/N-ethyl adjacent to an activating group) is 1. The summed E-state index contributed by atoms with van der Waals surface area (Å²) in [6.07, 6.45) is 0.886. The van der Waals surface area contributed by atoms with Crippen LogP contribution < -0.4 is 5.32 Å². The van der Waals surface area contributed by atoms with Crippen LogP contribution in [0.25, 0.3) is 0 Å². The quantitative estimate of drug-likeness (QED) is 0.869. The molecule has 18 heavy (non-hydrogen) atoms. The minimum atomic E-state index is 0.281. The van der Waals surface area contributed by atoms with Gasteiger partial charge in [-0.15, -0.1) is 0 Å². The van der Waals surface area contributed by atoms with E-state index < -0.39 is 0 Å². The highest BCUT2D eigenvalue weighted by Gasteiger charge is 2.10. The van der Waals surface area contributed by atoms with E-state index in [0.717, 1.165) is 6.42 Å². The molecule has 3 heteroatoms. The van der Waals surface area contributed by atoms with E-state index in [9.17, 15) is 0 Å². The summed E-state index contributed by atoms with van der Waals surface area (Å²) in [5, 5.41) is 4.53. The van der Waals surface area contributed by atoms with Crippen LogP contribution in [-0.4, -0.2) is 7.05 Å². The molecular formula is C15H15Cl2N. The number of hydrogen-bond donors (Lipinski definition) is 1. The molecule has 2 aromatic carbocycles. The molecular weight excluding hydrogens is 265 g/mol. The molecule has 2 rings (SSSR count). The fraction of sp³-hybridized carbons (Fsp3) is 0.200. The first-order valence-corrected chi connectivity index (χ1v) is 6.62. The van der Waals surface area contributed by atoms with E-state index in [2.05, 4.69) is 29.6 Å². The molecule has 2 aromatic rings. The molecule has 0 aromatic heterocycles. The number of nitrogens with one attached hydrogen (secondary N) is 1. The second-order valence-electron chi connectivity index (χ2n) is 4.20. The van der Waals surface area contributed by atoms with Crippen LogP contribution in [0.15, 0.2) is 48.5 Å². The monoisotopic (exact) mass is 279 g/mol.